The molecule has 1 aromatic carbocycles. The molecule has 0 aliphatic carbocycles. The number of rotatable bonds is 5. The second-order valence-corrected chi connectivity index (χ2v) is 4.85. The summed E-state index contributed by atoms with van der Waals surface area (Å²) in [6.45, 7) is 4.39. The van der Waals surface area contributed by atoms with E-state index < -0.39 is 0 Å². The molecule has 1 saturated heterocycles. The van der Waals surface area contributed by atoms with Gasteiger partial charge in [0.2, 0.25) is 0 Å². The van der Waals surface area contributed by atoms with Crippen molar-refractivity contribution in [2.24, 2.45) is 5.92 Å². The Bertz CT molecular complexity index is 405. The van der Waals surface area contributed by atoms with Gasteiger partial charge in [-0.1, -0.05) is 19.1 Å². The van der Waals surface area contributed by atoms with Crippen LogP contribution < -0.4 is 10.1 Å². The highest BCUT2D eigenvalue weighted by atomic mass is 19.1. The van der Waals surface area contributed by atoms with Gasteiger partial charge >= 0.3 is 0 Å². The first-order valence-corrected chi connectivity index (χ1v) is 6.91. The van der Waals surface area contributed by atoms with Gasteiger partial charge in [-0.3, -0.25) is 0 Å². The lowest BCUT2D eigenvalue weighted by Gasteiger charge is -2.31. The molecule has 0 spiro atoms. The number of halogens is 1. The minimum Gasteiger partial charge on any atom is -0.494 e. The van der Waals surface area contributed by atoms with E-state index in [0.29, 0.717) is 17.2 Å². The van der Waals surface area contributed by atoms with Crippen LogP contribution in [0.5, 0.6) is 5.75 Å². The Labute approximate surface area is 114 Å². The molecular weight excluding hydrogens is 245 g/mol. The Morgan fingerprint density at radius 3 is 2.79 bits per heavy atom. The van der Waals surface area contributed by atoms with Crippen molar-refractivity contribution in [3.8, 4) is 5.75 Å². The first kappa shape index (κ1) is 14.3. The molecule has 1 unspecified atom stereocenters. The fraction of sp³-hybridized carbons (Fsp3) is 0.600. The lowest BCUT2D eigenvalue weighted by molar-refractivity contribution is 0.0533. The zero-order valence-corrected chi connectivity index (χ0v) is 11.6. The largest absolute Gasteiger partial charge is 0.494 e. The number of nitrogens with one attached hydrogen (secondary N) is 1. The summed E-state index contributed by atoms with van der Waals surface area (Å²) in [6, 6.07) is 5.39. The molecule has 1 aliphatic heterocycles. The zero-order valence-electron chi connectivity index (χ0n) is 11.6. The third kappa shape index (κ3) is 3.25. The lowest BCUT2D eigenvalue weighted by Crippen LogP contribution is -2.32. The lowest BCUT2D eigenvalue weighted by atomic mass is 9.86. The minimum absolute atomic E-state index is 0.0315. The van der Waals surface area contributed by atoms with Crippen molar-refractivity contribution >= 4 is 0 Å². The summed E-state index contributed by atoms with van der Waals surface area (Å²) in [5, 5.41) is 3.41. The molecule has 0 radical (unpaired) electrons. The van der Waals surface area contributed by atoms with Crippen molar-refractivity contribution in [2.45, 2.75) is 25.8 Å². The molecule has 2 rings (SSSR count). The summed E-state index contributed by atoms with van der Waals surface area (Å²) in [7, 11) is 1.50. The monoisotopic (exact) mass is 267 g/mol. The van der Waals surface area contributed by atoms with Crippen molar-refractivity contribution < 1.29 is 13.9 Å². The Kier molecular flexibility index (Phi) is 5.16. The molecular formula is C15H22FNO2. The number of methoxy groups -OCH3 is 1. The van der Waals surface area contributed by atoms with Crippen LogP contribution in [0.4, 0.5) is 4.39 Å². The average Bonchev–Trinajstić information content (AvgIpc) is 2.46. The highest BCUT2D eigenvalue weighted by Gasteiger charge is 2.27. The second-order valence-electron chi connectivity index (χ2n) is 4.85. The van der Waals surface area contributed by atoms with Gasteiger partial charge in [-0.25, -0.2) is 4.39 Å². The van der Waals surface area contributed by atoms with Gasteiger partial charge in [-0.05, 0) is 31.4 Å². The Morgan fingerprint density at radius 2 is 2.16 bits per heavy atom. The number of hydrogen-bond donors (Lipinski definition) is 1. The first-order valence-electron chi connectivity index (χ1n) is 6.91. The molecule has 1 atom stereocenters. The standard InChI is InChI=1S/C15H22FNO2/c1-3-17-15(11-7-9-19-10-8-11)12-5-4-6-13(18-2)14(12)16/h4-6,11,15,17H,3,7-10H2,1-2H3. The number of ether oxygens (including phenoxy) is 2. The SMILES string of the molecule is CCNC(c1cccc(OC)c1F)C1CCOCC1. The maximum absolute atomic E-state index is 14.4. The molecule has 0 amide bonds. The Morgan fingerprint density at radius 1 is 1.42 bits per heavy atom. The van der Waals surface area contributed by atoms with Crippen LogP contribution in [0.3, 0.4) is 0 Å². The van der Waals surface area contributed by atoms with Crippen LogP contribution in [0.1, 0.15) is 31.4 Å². The van der Waals surface area contributed by atoms with E-state index >= 15 is 0 Å². The van der Waals surface area contributed by atoms with Crippen LogP contribution in [0, 0.1) is 11.7 Å². The van der Waals surface area contributed by atoms with E-state index in [1.54, 1.807) is 6.07 Å². The van der Waals surface area contributed by atoms with Crippen LogP contribution in [0.2, 0.25) is 0 Å². The summed E-state index contributed by atoms with van der Waals surface area (Å²) >= 11 is 0. The fourth-order valence-corrected chi connectivity index (χ4v) is 2.73. The van der Waals surface area contributed by atoms with E-state index in [2.05, 4.69) is 5.32 Å². The molecule has 0 bridgehead atoms. The second kappa shape index (κ2) is 6.87. The molecule has 1 heterocycles. The van der Waals surface area contributed by atoms with Gasteiger partial charge in [0.25, 0.3) is 0 Å². The van der Waals surface area contributed by atoms with Crippen LogP contribution in [0.25, 0.3) is 0 Å². The van der Waals surface area contributed by atoms with Crippen LogP contribution in [-0.2, 0) is 4.74 Å². The molecule has 1 aromatic rings. The van der Waals surface area contributed by atoms with E-state index in [1.807, 2.05) is 19.1 Å². The third-order valence-corrected chi connectivity index (χ3v) is 3.71. The average molecular weight is 267 g/mol. The van der Waals surface area contributed by atoms with E-state index in [-0.39, 0.29) is 11.9 Å². The first-order chi connectivity index (χ1) is 9.27. The van der Waals surface area contributed by atoms with E-state index in [0.717, 1.165) is 32.6 Å². The molecule has 4 heteroatoms. The van der Waals surface area contributed by atoms with Gasteiger partial charge in [0.15, 0.2) is 11.6 Å². The van der Waals surface area contributed by atoms with Crippen LogP contribution in [-0.4, -0.2) is 26.9 Å². The number of hydrogen-bond acceptors (Lipinski definition) is 3. The highest BCUT2D eigenvalue weighted by molar-refractivity contribution is 5.33. The smallest absolute Gasteiger partial charge is 0.169 e. The zero-order chi connectivity index (χ0) is 13.7. The van der Waals surface area contributed by atoms with Crippen molar-refractivity contribution in [1.29, 1.82) is 0 Å². The van der Waals surface area contributed by atoms with Gasteiger partial charge in [0, 0.05) is 24.8 Å². The summed E-state index contributed by atoms with van der Waals surface area (Å²) in [4.78, 5) is 0. The molecule has 19 heavy (non-hydrogen) atoms. The van der Waals surface area contributed by atoms with Gasteiger partial charge in [0.05, 0.1) is 7.11 Å². The van der Waals surface area contributed by atoms with Crippen LogP contribution >= 0.6 is 0 Å². The van der Waals surface area contributed by atoms with Crippen LogP contribution in [0.15, 0.2) is 18.2 Å². The van der Waals surface area contributed by atoms with E-state index in [9.17, 15) is 4.39 Å². The highest BCUT2D eigenvalue weighted by Crippen LogP contribution is 2.33. The Balaban J connectivity index is 2.27. The van der Waals surface area contributed by atoms with Gasteiger partial charge in [-0.15, -0.1) is 0 Å². The summed E-state index contributed by atoms with van der Waals surface area (Å²) in [6.07, 6.45) is 1.93. The summed E-state index contributed by atoms with van der Waals surface area (Å²) in [5.41, 5.74) is 0.702. The molecule has 1 fully saturated rings. The summed E-state index contributed by atoms with van der Waals surface area (Å²) in [5.74, 6) is 0.477. The maximum atomic E-state index is 14.4. The van der Waals surface area contributed by atoms with E-state index in [4.69, 9.17) is 9.47 Å². The molecule has 1 N–H and O–H groups in total. The predicted molar refractivity (Wildman–Crippen MR) is 72.9 cm³/mol. The van der Waals surface area contributed by atoms with E-state index in [1.165, 1.54) is 7.11 Å². The normalized spacial score (nSPS) is 18.3. The molecule has 3 nitrogen and oxygen atoms in total. The van der Waals surface area contributed by atoms with Crippen molar-refractivity contribution in [3.05, 3.63) is 29.6 Å². The fourth-order valence-electron chi connectivity index (χ4n) is 2.73. The van der Waals surface area contributed by atoms with Gasteiger partial charge in [0.1, 0.15) is 0 Å². The predicted octanol–water partition coefficient (Wildman–Crippen LogP) is 2.91. The van der Waals surface area contributed by atoms with Gasteiger partial charge < -0.3 is 14.8 Å². The molecule has 1 aliphatic rings. The quantitative estimate of drug-likeness (QED) is 0.889. The topological polar surface area (TPSA) is 30.5 Å². The molecule has 0 saturated carbocycles. The third-order valence-electron chi connectivity index (χ3n) is 3.71. The summed E-state index contributed by atoms with van der Waals surface area (Å²) < 4.78 is 24.9. The van der Waals surface area contributed by atoms with Crippen molar-refractivity contribution in [1.82, 2.24) is 5.32 Å². The van der Waals surface area contributed by atoms with Crippen molar-refractivity contribution in [2.75, 3.05) is 26.9 Å². The molecule has 106 valence electrons. The van der Waals surface area contributed by atoms with Gasteiger partial charge in [-0.2, -0.15) is 0 Å². The molecule has 0 aromatic heterocycles. The number of benzene rings is 1. The minimum atomic E-state index is -0.248. The maximum Gasteiger partial charge on any atom is 0.169 e. The Hall–Kier alpha value is -1.13. The van der Waals surface area contributed by atoms with Crippen molar-refractivity contribution in [3.63, 3.8) is 0 Å².